The van der Waals surface area contributed by atoms with E-state index in [9.17, 15) is 0 Å². The molecule has 4 rings (SSSR count). The van der Waals surface area contributed by atoms with Crippen molar-refractivity contribution in [2.75, 3.05) is 0 Å². The summed E-state index contributed by atoms with van der Waals surface area (Å²) in [5, 5.41) is 13.2. The van der Waals surface area contributed by atoms with Gasteiger partial charge in [0.25, 0.3) is 0 Å². The van der Waals surface area contributed by atoms with Crippen LogP contribution in [0.5, 0.6) is 0 Å². The number of hydrogen-bond donors (Lipinski definition) is 1. The van der Waals surface area contributed by atoms with Gasteiger partial charge in [-0.25, -0.2) is 0 Å². The van der Waals surface area contributed by atoms with E-state index in [1.807, 2.05) is 24.3 Å². The van der Waals surface area contributed by atoms with Crippen molar-refractivity contribution in [3.8, 4) is 22.8 Å². The Hall–Kier alpha value is -2.93. The first kappa shape index (κ1) is 17.5. The van der Waals surface area contributed by atoms with E-state index in [0.29, 0.717) is 17.5 Å². The van der Waals surface area contributed by atoms with E-state index in [2.05, 4.69) is 63.4 Å². The SMILES string of the molecule is CCc1ccc(-c2noc(CSc3nnc(-c4ccc(C)cc4)[nH]3)n2)cc1. The summed E-state index contributed by atoms with van der Waals surface area (Å²) in [5.74, 6) is 2.44. The summed E-state index contributed by atoms with van der Waals surface area (Å²) in [6.07, 6.45) is 1.01. The molecule has 0 atom stereocenters. The van der Waals surface area contributed by atoms with Crippen LogP contribution in [0.3, 0.4) is 0 Å². The molecule has 27 heavy (non-hydrogen) atoms. The molecule has 0 aliphatic heterocycles. The Morgan fingerprint density at radius 2 is 1.70 bits per heavy atom. The molecule has 2 aromatic carbocycles. The average molecular weight is 377 g/mol. The minimum atomic E-state index is 0.530. The van der Waals surface area contributed by atoms with Gasteiger partial charge in [0.05, 0.1) is 5.75 Å². The topological polar surface area (TPSA) is 80.5 Å². The molecule has 0 saturated carbocycles. The Balaban J connectivity index is 1.40. The summed E-state index contributed by atoms with van der Waals surface area (Å²) in [5.41, 5.74) is 4.46. The van der Waals surface area contributed by atoms with Gasteiger partial charge in [0, 0.05) is 11.1 Å². The zero-order valence-corrected chi connectivity index (χ0v) is 16.0. The number of nitrogens with one attached hydrogen (secondary N) is 1. The number of thioether (sulfide) groups is 1. The fourth-order valence-electron chi connectivity index (χ4n) is 2.60. The first-order valence-electron chi connectivity index (χ1n) is 8.75. The highest BCUT2D eigenvalue weighted by Crippen LogP contribution is 2.23. The molecule has 0 aliphatic carbocycles. The Morgan fingerprint density at radius 3 is 2.44 bits per heavy atom. The zero-order valence-electron chi connectivity index (χ0n) is 15.1. The standard InChI is InChI=1S/C20H19N5OS/c1-3-14-6-10-16(11-7-14)19-21-17(26-25-19)12-27-20-22-18(23-24-20)15-8-4-13(2)5-9-15/h4-11H,3,12H2,1-2H3,(H,22,23,24). The number of rotatable bonds is 6. The monoisotopic (exact) mass is 377 g/mol. The smallest absolute Gasteiger partial charge is 0.237 e. The van der Waals surface area contributed by atoms with E-state index in [-0.39, 0.29) is 0 Å². The number of H-pyrrole nitrogens is 1. The van der Waals surface area contributed by atoms with Gasteiger partial charge in [0.2, 0.25) is 11.7 Å². The molecule has 6 nitrogen and oxygen atoms in total. The van der Waals surface area contributed by atoms with Gasteiger partial charge in [-0.15, -0.1) is 10.2 Å². The van der Waals surface area contributed by atoms with Gasteiger partial charge in [-0.2, -0.15) is 4.98 Å². The average Bonchev–Trinajstić information content (AvgIpc) is 3.37. The molecule has 4 aromatic rings. The normalized spacial score (nSPS) is 11.0. The van der Waals surface area contributed by atoms with Gasteiger partial charge in [-0.3, -0.25) is 0 Å². The summed E-state index contributed by atoms with van der Waals surface area (Å²) >= 11 is 1.48. The minimum absolute atomic E-state index is 0.530. The summed E-state index contributed by atoms with van der Waals surface area (Å²) in [4.78, 5) is 7.69. The second kappa shape index (κ2) is 7.75. The minimum Gasteiger partial charge on any atom is -0.338 e. The third kappa shape index (κ3) is 4.09. The number of aryl methyl sites for hydroxylation is 2. The molecule has 0 fully saturated rings. The predicted molar refractivity (Wildman–Crippen MR) is 105 cm³/mol. The first-order chi connectivity index (χ1) is 13.2. The molecule has 0 spiro atoms. The Kier molecular flexibility index (Phi) is 5.02. The maximum Gasteiger partial charge on any atom is 0.237 e. The van der Waals surface area contributed by atoms with Crippen LogP contribution in [0.25, 0.3) is 22.8 Å². The lowest BCUT2D eigenvalue weighted by Gasteiger charge is -1.97. The number of hydrogen-bond acceptors (Lipinski definition) is 6. The molecule has 0 bridgehead atoms. The van der Waals surface area contributed by atoms with E-state index >= 15 is 0 Å². The molecule has 0 radical (unpaired) electrons. The van der Waals surface area contributed by atoms with E-state index in [1.54, 1.807) is 0 Å². The molecule has 136 valence electrons. The molecular weight excluding hydrogens is 358 g/mol. The third-order valence-electron chi connectivity index (χ3n) is 4.21. The molecule has 0 amide bonds. The van der Waals surface area contributed by atoms with Crippen molar-refractivity contribution in [1.82, 2.24) is 25.3 Å². The van der Waals surface area contributed by atoms with Crippen molar-refractivity contribution in [3.63, 3.8) is 0 Å². The van der Waals surface area contributed by atoms with Crippen molar-refractivity contribution < 1.29 is 4.52 Å². The summed E-state index contributed by atoms with van der Waals surface area (Å²) in [6, 6.07) is 16.4. The van der Waals surface area contributed by atoms with Crippen molar-refractivity contribution in [1.29, 1.82) is 0 Å². The van der Waals surface area contributed by atoms with Crippen LogP contribution in [-0.2, 0) is 12.2 Å². The third-order valence-corrected chi connectivity index (χ3v) is 5.06. The van der Waals surface area contributed by atoms with Crippen LogP contribution in [0.15, 0.2) is 58.2 Å². The quantitative estimate of drug-likeness (QED) is 0.491. The van der Waals surface area contributed by atoms with Crippen LogP contribution in [0.2, 0.25) is 0 Å². The van der Waals surface area contributed by atoms with Gasteiger partial charge in [-0.1, -0.05) is 77.9 Å². The maximum absolute atomic E-state index is 5.36. The fourth-order valence-corrected chi connectivity index (χ4v) is 3.25. The van der Waals surface area contributed by atoms with E-state index in [0.717, 1.165) is 28.5 Å². The second-order valence-electron chi connectivity index (χ2n) is 6.20. The van der Waals surface area contributed by atoms with Gasteiger partial charge >= 0.3 is 0 Å². The molecule has 2 heterocycles. The molecule has 0 saturated heterocycles. The number of aromatic nitrogens is 5. The highest BCUT2D eigenvalue weighted by molar-refractivity contribution is 7.98. The van der Waals surface area contributed by atoms with Crippen LogP contribution >= 0.6 is 11.8 Å². The van der Waals surface area contributed by atoms with Crippen molar-refractivity contribution in [2.24, 2.45) is 0 Å². The van der Waals surface area contributed by atoms with Gasteiger partial charge in [0.1, 0.15) is 0 Å². The van der Waals surface area contributed by atoms with Crippen LogP contribution in [0.4, 0.5) is 0 Å². The van der Waals surface area contributed by atoms with E-state index < -0.39 is 0 Å². The Morgan fingerprint density at radius 1 is 0.963 bits per heavy atom. The van der Waals surface area contributed by atoms with Crippen LogP contribution < -0.4 is 0 Å². The van der Waals surface area contributed by atoms with E-state index in [4.69, 9.17) is 4.52 Å². The maximum atomic E-state index is 5.36. The van der Waals surface area contributed by atoms with Gasteiger partial charge in [0.15, 0.2) is 11.0 Å². The predicted octanol–water partition coefficient (Wildman–Crippen LogP) is 4.68. The second-order valence-corrected chi connectivity index (χ2v) is 7.16. The van der Waals surface area contributed by atoms with Crippen molar-refractivity contribution in [2.45, 2.75) is 31.2 Å². The van der Waals surface area contributed by atoms with Gasteiger partial charge in [-0.05, 0) is 18.9 Å². The van der Waals surface area contributed by atoms with E-state index in [1.165, 1.54) is 22.9 Å². The van der Waals surface area contributed by atoms with Gasteiger partial charge < -0.3 is 9.51 Å². The molecular formula is C20H19N5OS. The summed E-state index contributed by atoms with van der Waals surface area (Å²) in [6.45, 7) is 4.19. The lowest BCUT2D eigenvalue weighted by molar-refractivity contribution is 0.391. The summed E-state index contributed by atoms with van der Waals surface area (Å²) in [7, 11) is 0. The van der Waals surface area contributed by atoms with Crippen LogP contribution in [-0.4, -0.2) is 25.3 Å². The van der Waals surface area contributed by atoms with Crippen LogP contribution in [0, 0.1) is 6.92 Å². The number of nitrogens with zero attached hydrogens (tertiary/aromatic N) is 4. The van der Waals surface area contributed by atoms with Crippen molar-refractivity contribution >= 4 is 11.8 Å². The highest BCUT2D eigenvalue weighted by atomic mass is 32.2. The summed E-state index contributed by atoms with van der Waals surface area (Å²) < 4.78 is 5.36. The lowest BCUT2D eigenvalue weighted by atomic mass is 10.1. The largest absolute Gasteiger partial charge is 0.338 e. The highest BCUT2D eigenvalue weighted by Gasteiger charge is 2.11. The Labute approximate surface area is 161 Å². The molecule has 7 heteroatoms. The zero-order chi connectivity index (χ0) is 18.6. The Bertz CT molecular complexity index is 1020. The molecule has 0 unspecified atom stereocenters. The lowest BCUT2D eigenvalue weighted by Crippen LogP contribution is -1.85. The van der Waals surface area contributed by atoms with Crippen molar-refractivity contribution in [3.05, 3.63) is 65.5 Å². The molecule has 0 aliphatic rings. The van der Waals surface area contributed by atoms with Crippen LogP contribution in [0.1, 0.15) is 23.9 Å². The molecule has 2 aromatic heterocycles. The molecule has 1 N–H and O–H groups in total. The first-order valence-corrected chi connectivity index (χ1v) is 9.74. The number of benzene rings is 2. The fraction of sp³-hybridized carbons (Fsp3) is 0.200. The number of aromatic amines is 1.